The summed E-state index contributed by atoms with van der Waals surface area (Å²) < 4.78 is 34.9. The van der Waals surface area contributed by atoms with Gasteiger partial charge in [0.1, 0.15) is 0 Å². The molecule has 2 rings (SSSR count). The quantitative estimate of drug-likeness (QED) is 0.517. The number of carbonyl (C=O) groups is 2. The number of halogens is 2. The van der Waals surface area contributed by atoms with Crippen molar-refractivity contribution in [1.29, 1.82) is 0 Å². The lowest BCUT2D eigenvalue weighted by atomic mass is 10.1. The largest absolute Gasteiger partial charge is 0.493 e. The van der Waals surface area contributed by atoms with Crippen LogP contribution in [-0.2, 0) is 4.79 Å². The van der Waals surface area contributed by atoms with E-state index in [1.165, 1.54) is 36.3 Å². The minimum Gasteiger partial charge on any atom is -0.493 e. The monoisotopic (exact) mass is 422 g/mol. The number of carbonyl (C=O) groups excluding carboxylic acids is 2. The molecule has 0 atom stereocenters. The van der Waals surface area contributed by atoms with Gasteiger partial charge in [0.2, 0.25) is 5.91 Å². The van der Waals surface area contributed by atoms with E-state index in [0.29, 0.717) is 10.6 Å². The second kappa shape index (κ2) is 10.5. The van der Waals surface area contributed by atoms with Gasteiger partial charge in [-0.15, -0.1) is 0 Å². The van der Waals surface area contributed by atoms with Crippen molar-refractivity contribution in [2.45, 2.75) is 11.5 Å². The highest BCUT2D eigenvalue weighted by molar-refractivity contribution is 8.13. The maximum absolute atomic E-state index is 12.7. The van der Waals surface area contributed by atoms with Crippen molar-refractivity contribution in [1.82, 2.24) is 4.90 Å². The predicted molar refractivity (Wildman–Crippen MR) is 109 cm³/mol. The summed E-state index contributed by atoms with van der Waals surface area (Å²) in [5.74, 6) is -0.542. The lowest BCUT2D eigenvalue weighted by molar-refractivity contribution is -0.111. The number of benzene rings is 2. The van der Waals surface area contributed by atoms with E-state index in [4.69, 9.17) is 4.74 Å². The molecular weight excluding hydrogens is 402 g/mol. The Labute approximate surface area is 171 Å². The van der Waals surface area contributed by atoms with Crippen LogP contribution in [-0.4, -0.2) is 43.9 Å². The highest BCUT2D eigenvalue weighted by Gasteiger charge is 2.15. The maximum Gasteiger partial charge on any atom is 0.387 e. The van der Waals surface area contributed by atoms with E-state index >= 15 is 0 Å². The number of para-hydroxylation sites is 2. The first-order valence-electron chi connectivity index (χ1n) is 8.41. The Bertz CT molecular complexity index is 904. The van der Waals surface area contributed by atoms with Crippen molar-refractivity contribution in [3.05, 3.63) is 54.1 Å². The molecule has 0 aromatic heterocycles. The molecule has 0 saturated carbocycles. The molecule has 6 nitrogen and oxygen atoms in total. The van der Waals surface area contributed by atoms with Crippen molar-refractivity contribution in [3.63, 3.8) is 0 Å². The molecule has 2 aromatic carbocycles. The summed E-state index contributed by atoms with van der Waals surface area (Å²) in [4.78, 5) is 26.3. The summed E-state index contributed by atoms with van der Waals surface area (Å²) in [7, 11) is 4.59. The number of hydrogen-bond acceptors (Lipinski definition) is 5. The molecule has 0 bridgehead atoms. The number of anilines is 1. The number of hydrogen-bond donors (Lipinski definition) is 1. The van der Waals surface area contributed by atoms with E-state index in [-0.39, 0.29) is 22.3 Å². The van der Waals surface area contributed by atoms with Crippen molar-refractivity contribution in [3.8, 4) is 11.5 Å². The van der Waals surface area contributed by atoms with Crippen LogP contribution in [0.25, 0.3) is 6.08 Å². The van der Waals surface area contributed by atoms with Crippen LogP contribution in [0.3, 0.4) is 0 Å². The molecule has 154 valence electrons. The Morgan fingerprint density at radius 2 is 1.86 bits per heavy atom. The molecule has 9 heteroatoms. The Hall–Kier alpha value is -3.07. The van der Waals surface area contributed by atoms with Crippen LogP contribution in [0.4, 0.5) is 19.3 Å². The molecular formula is C20H20F2N2O4S. The predicted octanol–water partition coefficient (Wildman–Crippen LogP) is 4.72. The third-order valence-electron chi connectivity index (χ3n) is 3.56. The number of rotatable bonds is 7. The van der Waals surface area contributed by atoms with Crippen molar-refractivity contribution >= 4 is 34.7 Å². The summed E-state index contributed by atoms with van der Waals surface area (Å²) >= 11 is 0.977. The van der Waals surface area contributed by atoms with E-state index in [0.717, 1.165) is 11.8 Å². The fourth-order valence-electron chi connectivity index (χ4n) is 2.22. The number of nitrogens with zero attached hydrogens (tertiary/aromatic N) is 1. The Morgan fingerprint density at radius 3 is 2.52 bits per heavy atom. The SMILES string of the molecule is COc1cccc(/C=C/C(=O)Nc2ccccc2SC(=O)N(C)C)c1OC(F)F. The number of methoxy groups -OCH3 is 1. The summed E-state index contributed by atoms with van der Waals surface area (Å²) in [6.45, 7) is -3.04. The summed E-state index contributed by atoms with van der Waals surface area (Å²) in [6.07, 6.45) is 2.53. The topological polar surface area (TPSA) is 67.9 Å². The fraction of sp³-hybridized carbons (Fsp3) is 0.200. The zero-order valence-corrected chi connectivity index (χ0v) is 16.8. The molecule has 2 amide bonds. The standard InChI is InChI=1S/C20H20F2N2O4S/c1-24(2)20(26)29-16-10-5-4-8-14(16)23-17(25)12-11-13-7-6-9-15(27-3)18(13)28-19(21)22/h4-12,19H,1-3H3,(H,23,25)/b12-11+. The van der Waals surface area contributed by atoms with Crippen molar-refractivity contribution in [2.75, 3.05) is 26.5 Å². The molecule has 2 aromatic rings. The minimum atomic E-state index is -3.04. The molecule has 0 aliphatic rings. The van der Waals surface area contributed by atoms with Crippen LogP contribution in [0.1, 0.15) is 5.56 Å². The summed E-state index contributed by atoms with van der Waals surface area (Å²) in [5, 5.41) is 2.49. The zero-order valence-electron chi connectivity index (χ0n) is 16.0. The number of ether oxygens (including phenoxy) is 2. The van der Waals surface area contributed by atoms with Gasteiger partial charge in [0, 0.05) is 30.6 Å². The molecule has 0 radical (unpaired) electrons. The third kappa shape index (κ3) is 6.49. The number of amides is 2. The van der Waals surface area contributed by atoms with E-state index in [1.807, 2.05) is 0 Å². The number of alkyl halides is 2. The van der Waals surface area contributed by atoms with Gasteiger partial charge in [-0.25, -0.2) is 0 Å². The van der Waals surface area contributed by atoms with Crippen LogP contribution in [0.15, 0.2) is 53.4 Å². The van der Waals surface area contributed by atoms with Gasteiger partial charge in [-0.1, -0.05) is 24.3 Å². The molecule has 0 aliphatic carbocycles. The lowest BCUT2D eigenvalue weighted by Gasteiger charge is -2.13. The molecule has 0 fully saturated rings. The third-order valence-corrected chi connectivity index (χ3v) is 4.67. The van der Waals surface area contributed by atoms with E-state index in [1.54, 1.807) is 44.4 Å². The number of nitrogens with one attached hydrogen (secondary N) is 1. The minimum absolute atomic E-state index is 0.122. The highest BCUT2D eigenvalue weighted by atomic mass is 32.2. The summed E-state index contributed by atoms with van der Waals surface area (Å²) in [6, 6.07) is 11.4. The van der Waals surface area contributed by atoms with E-state index in [2.05, 4.69) is 10.1 Å². The van der Waals surface area contributed by atoms with Gasteiger partial charge in [-0.2, -0.15) is 8.78 Å². The van der Waals surface area contributed by atoms with Gasteiger partial charge < -0.3 is 19.7 Å². The van der Waals surface area contributed by atoms with Crippen molar-refractivity contribution < 1.29 is 27.8 Å². The van der Waals surface area contributed by atoms with E-state index in [9.17, 15) is 18.4 Å². The molecule has 29 heavy (non-hydrogen) atoms. The summed E-state index contributed by atoms with van der Waals surface area (Å²) in [5.41, 5.74) is 0.710. The molecule has 0 saturated heterocycles. The van der Waals surface area contributed by atoms with Gasteiger partial charge in [0.25, 0.3) is 5.24 Å². The van der Waals surface area contributed by atoms with Crippen LogP contribution >= 0.6 is 11.8 Å². The molecule has 1 N–H and O–H groups in total. The first-order chi connectivity index (χ1) is 13.8. The number of thioether (sulfide) groups is 1. The van der Waals surface area contributed by atoms with Gasteiger partial charge in [-0.05, 0) is 36.0 Å². The molecule has 0 unspecified atom stereocenters. The normalized spacial score (nSPS) is 10.8. The van der Waals surface area contributed by atoms with Crippen molar-refractivity contribution in [2.24, 2.45) is 0 Å². The van der Waals surface area contributed by atoms with Gasteiger partial charge in [0.15, 0.2) is 11.5 Å². The fourth-order valence-corrected chi connectivity index (χ4v) is 2.97. The Kier molecular flexibility index (Phi) is 8.02. The van der Waals surface area contributed by atoms with Crippen LogP contribution < -0.4 is 14.8 Å². The van der Waals surface area contributed by atoms with Gasteiger partial charge in [0.05, 0.1) is 12.8 Å². The van der Waals surface area contributed by atoms with E-state index < -0.39 is 12.5 Å². The first-order valence-corrected chi connectivity index (χ1v) is 9.22. The lowest BCUT2D eigenvalue weighted by Crippen LogP contribution is -2.16. The molecule has 0 heterocycles. The Morgan fingerprint density at radius 1 is 1.14 bits per heavy atom. The second-order valence-corrected chi connectivity index (χ2v) is 6.83. The highest BCUT2D eigenvalue weighted by Crippen LogP contribution is 2.33. The van der Waals surface area contributed by atoms with Crippen LogP contribution in [0.2, 0.25) is 0 Å². The van der Waals surface area contributed by atoms with Crippen LogP contribution in [0.5, 0.6) is 11.5 Å². The van der Waals surface area contributed by atoms with Crippen LogP contribution in [0, 0.1) is 0 Å². The first kappa shape index (κ1) is 22.2. The molecule has 0 aliphatic heterocycles. The average molecular weight is 422 g/mol. The maximum atomic E-state index is 12.7. The average Bonchev–Trinajstić information content (AvgIpc) is 2.68. The molecule has 0 spiro atoms. The smallest absolute Gasteiger partial charge is 0.387 e. The second-order valence-electron chi connectivity index (χ2n) is 5.84. The Balaban J connectivity index is 2.18. The van der Waals surface area contributed by atoms with Gasteiger partial charge in [-0.3, -0.25) is 9.59 Å². The zero-order chi connectivity index (χ0) is 21.4. The van der Waals surface area contributed by atoms with Gasteiger partial charge >= 0.3 is 6.61 Å².